The van der Waals surface area contributed by atoms with E-state index in [-0.39, 0.29) is 0 Å². The molecule has 3 rings (SSSR count). The number of thiophene rings is 1. The minimum absolute atomic E-state index is 0.324. The molecule has 1 aromatic heterocycles. The maximum Gasteiger partial charge on any atom is 0.194 e. The summed E-state index contributed by atoms with van der Waals surface area (Å²) in [7, 11) is 0. The number of benzene rings is 1. The summed E-state index contributed by atoms with van der Waals surface area (Å²) in [6.45, 7) is 6.45. The van der Waals surface area contributed by atoms with E-state index in [2.05, 4.69) is 34.3 Å². The predicted octanol–water partition coefficient (Wildman–Crippen LogP) is 3.94. The number of likely N-dealkylation sites (tertiary alicyclic amines) is 1. The van der Waals surface area contributed by atoms with Crippen molar-refractivity contribution in [2.24, 2.45) is 10.9 Å². The van der Waals surface area contributed by atoms with Gasteiger partial charge in [-0.2, -0.15) is 0 Å². The molecule has 0 aliphatic carbocycles. The third kappa shape index (κ3) is 6.21. The van der Waals surface area contributed by atoms with Gasteiger partial charge in [0.15, 0.2) is 5.96 Å². The van der Waals surface area contributed by atoms with Crippen LogP contribution in [0, 0.1) is 5.92 Å². The summed E-state index contributed by atoms with van der Waals surface area (Å²) in [5, 5.41) is 13.7. The summed E-state index contributed by atoms with van der Waals surface area (Å²) in [5.41, 5.74) is 1.20. The molecule has 1 saturated heterocycles. The van der Waals surface area contributed by atoms with E-state index < -0.39 is 6.10 Å². The lowest BCUT2D eigenvalue weighted by molar-refractivity contribution is 0.0906. The molecular weight excluding hydrogens is 394 g/mol. The van der Waals surface area contributed by atoms with Crippen molar-refractivity contribution < 1.29 is 9.84 Å². The Hall–Kier alpha value is -1.60. The Kier molecular flexibility index (Phi) is 8.15. The van der Waals surface area contributed by atoms with Crippen molar-refractivity contribution in [1.29, 1.82) is 0 Å². The fourth-order valence-corrected chi connectivity index (χ4v) is 4.31. The van der Waals surface area contributed by atoms with Gasteiger partial charge in [0.25, 0.3) is 0 Å². The molecule has 7 heteroatoms. The van der Waals surface area contributed by atoms with Gasteiger partial charge in [0.05, 0.1) is 24.1 Å². The highest BCUT2D eigenvalue weighted by atomic mass is 35.5. The molecule has 0 spiro atoms. The number of guanidine groups is 1. The van der Waals surface area contributed by atoms with E-state index >= 15 is 0 Å². The van der Waals surface area contributed by atoms with Crippen molar-refractivity contribution in [1.82, 2.24) is 10.2 Å². The van der Waals surface area contributed by atoms with Gasteiger partial charge in [-0.05, 0) is 31.0 Å². The van der Waals surface area contributed by atoms with Crippen molar-refractivity contribution in [3.8, 4) is 0 Å². The highest BCUT2D eigenvalue weighted by Crippen LogP contribution is 2.27. The Labute approximate surface area is 176 Å². The number of nitrogens with zero attached hydrogens (tertiary/aromatic N) is 2. The minimum atomic E-state index is -0.626. The van der Waals surface area contributed by atoms with Crippen LogP contribution in [-0.2, 0) is 11.3 Å². The minimum Gasteiger partial charge on any atom is -0.386 e. The van der Waals surface area contributed by atoms with Gasteiger partial charge in [0, 0.05) is 30.4 Å². The van der Waals surface area contributed by atoms with Crippen LogP contribution in [0.3, 0.4) is 0 Å². The molecule has 1 aliphatic heterocycles. The van der Waals surface area contributed by atoms with Crippen molar-refractivity contribution >= 4 is 28.9 Å². The second-order valence-corrected chi connectivity index (χ2v) is 8.70. The lowest BCUT2D eigenvalue weighted by Crippen LogP contribution is -2.40. The van der Waals surface area contributed by atoms with Gasteiger partial charge in [-0.3, -0.25) is 4.99 Å². The number of aliphatic hydroxyl groups is 1. The molecule has 0 amide bonds. The van der Waals surface area contributed by atoms with Crippen LogP contribution in [0.5, 0.6) is 0 Å². The molecule has 2 heterocycles. The Morgan fingerprint density at radius 2 is 2.18 bits per heavy atom. The first-order valence-corrected chi connectivity index (χ1v) is 10.9. The largest absolute Gasteiger partial charge is 0.386 e. The first kappa shape index (κ1) is 21.1. The number of hydrogen-bond acceptors (Lipinski definition) is 4. The number of ether oxygens (including phenoxy) is 1. The first-order chi connectivity index (χ1) is 13.7. The number of aliphatic imine (C=N–C) groups is 1. The Balaban J connectivity index is 1.48. The van der Waals surface area contributed by atoms with Crippen LogP contribution < -0.4 is 5.32 Å². The molecule has 0 radical (unpaired) electrons. The molecule has 2 unspecified atom stereocenters. The molecule has 0 saturated carbocycles. The maximum absolute atomic E-state index is 10.3. The second-order valence-electron chi connectivity index (χ2n) is 6.95. The second kappa shape index (κ2) is 10.8. The Morgan fingerprint density at radius 1 is 1.36 bits per heavy atom. The molecule has 1 aliphatic rings. The van der Waals surface area contributed by atoms with E-state index in [0.29, 0.717) is 23.4 Å². The molecule has 2 N–H and O–H groups in total. The summed E-state index contributed by atoms with van der Waals surface area (Å²) in [5.74, 6) is 1.35. The number of nitrogens with one attached hydrogen (secondary N) is 1. The van der Waals surface area contributed by atoms with Crippen molar-refractivity contribution in [3.05, 3.63) is 57.2 Å². The molecule has 5 nitrogen and oxygen atoms in total. The highest BCUT2D eigenvalue weighted by molar-refractivity contribution is 7.16. The molecule has 2 aromatic rings. The van der Waals surface area contributed by atoms with Crippen molar-refractivity contribution in [3.63, 3.8) is 0 Å². The van der Waals surface area contributed by atoms with E-state index in [1.54, 1.807) is 6.07 Å². The molecule has 2 atom stereocenters. The smallest absolute Gasteiger partial charge is 0.194 e. The normalized spacial score (nSPS) is 18.5. The van der Waals surface area contributed by atoms with Crippen LogP contribution in [0.4, 0.5) is 0 Å². The average molecular weight is 422 g/mol. The molecule has 1 fully saturated rings. The van der Waals surface area contributed by atoms with Crippen LogP contribution in [0.1, 0.15) is 29.9 Å². The van der Waals surface area contributed by atoms with Gasteiger partial charge >= 0.3 is 0 Å². The average Bonchev–Trinajstić information content (AvgIpc) is 3.35. The van der Waals surface area contributed by atoms with Crippen LogP contribution in [0.2, 0.25) is 4.34 Å². The quantitative estimate of drug-likeness (QED) is 0.500. The van der Waals surface area contributed by atoms with E-state index in [9.17, 15) is 5.11 Å². The summed E-state index contributed by atoms with van der Waals surface area (Å²) in [6, 6.07) is 13.9. The Bertz CT molecular complexity index is 753. The van der Waals surface area contributed by atoms with Gasteiger partial charge in [-0.1, -0.05) is 41.9 Å². The first-order valence-electron chi connectivity index (χ1n) is 9.74. The molecular formula is C21H28ClN3O2S. The van der Waals surface area contributed by atoms with E-state index in [1.807, 2.05) is 24.3 Å². The summed E-state index contributed by atoms with van der Waals surface area (Å²) < 4.78 is 6.60. The molecule has 0 bridgehead atoms. The monoisotopic (exact) mass is 421 g/mol. The number of halogens is 1. The zero-order chi connectivity index (χ0) is 19.8. The zero-order valence-electron chi connectivity index (χ0n) is 16.2. The van der Waals surface area contributed by atoms with Gasteiger partial charge in [-0.15, -0.1) is 11.3 Å². The van der Waals surface area contributed by atoms with Crippen LogP contribution >= 0.6 is 22.9 Å². The summed E-state index contributed by atoms with van der Waals surface area (Å²) in [6.07, 6.45) is 0.459. The zero-order valence-corrected chi connectivity index (χ0v) is 17.8. The number of hydrogen-bond donors (Lipinski definition) is 2. The lowest BCUT2D eigenvalue weighted by atomic mass is 10.1. The van der Waals surface area contributed by atoms with Gasteiger partial charge in [0.1, 0.15) is 6.10 Å². The van der Waals surface area contributed by atoms with E-state index in [0.717, 1.165) is 43.5 Å². The van der Waals surface area contributed by atoms with Crippen LogP contribution in [-0.4, -0.2) is 48.8 Å². The third-order valence-corrected chi connectivity index (χ3v) is 6.05. The highest BCUT2D eigenvalue weighted by Gasteiger charge is 2.25. The maximum atomic E-state index is 10.3. The van der Waals surface area contributed by atoms with Gasteiger partial charge in [-0.25, -0.2) is 0 Å². The third-order valence-electron chi connectivity index (χ3n) is 4.72. The Morgan fingerprint density at radius 3 is 2.89 bits per heavy atom. The fraction of sp³-hybridized carbons (Fsp3) is 0.476. The van der Waals surface area contributed by atoms with Gasteiger partial charge in [0.2, 0.25) is 0 Å². The summed E-state index contributed by atoms with van der Waals surface area (Å²) in [4.78, 5) is 7.75. The molecule has 28 heavy (non-hydrogen) atoms. The SMILES string of the molecule is CCNC(=NCC(O)c1ccc(Cl)s1)N1CCC(COCc2ccccc2)C1. The standard InChI is InChI=1S/C21H28ClN3O2S/c1-2-23-21(24-12-18(26)19-8-9-20(22)28-19)25-11-10-17(13-25)15-27-14-16-6-4-3-5-7-16/h3-9,17-18,26H,2,10-15H2,1H3,(H,23,24). The van der Waals surface area contributed by atoms with E-state index in [1.165, 1.54) is 16.9 Å². The number of rotatable bonds is 8. The molecule has 1 aromatic carbocycles. The lowest BCUT2D eigenvalue weighted by Gasteiger charge is -2.22. The molecule has 152 valence electrons. The summed E-state index contributed by atoms with van der Waals surface area (Å²) >= 11 is 7.35. The van der Waals surface area contributed by atoms with Crippen molar-refractivity contribution in [2.75, 3.05) is 32.8 Å². The van der Waals surface area contributed by atoms with Gasteiger partial charge < -0.3 is 20.1 Å². The van der Waals surface area contributed by atoms with E-state index in [4.69, 9.17) is 16.3 Å². The number of aliphatic hydroxyl groups excluding tert-OH is 1. The van der Waals surface area contributed by atoms with Crippen molar-refractivity contribution in [2.45, 2.75) is 26.1 Å². The predicted molar refractivity (Wildman–Crippen MR) is 116 cm³/mol. The topological polar surface area (TPSA) is 57.1 Å². The van der Waals surface area contributed by atoms with Crippen LogP contribution in [0.25, 0.3) is 0 Å². The van der Waals surface area contributed by atoms with Crippen LogP contribution in [0.15, 0.2) is 47.5 Å². The fourth-order valence-electron chi connectivity index (χ4n) is 3.27.